The molecule has 0 spiro atoms. The van der Waals surface area contributed by atoms with Crippen LogP contribution in [0.15, 0.2) is 69.1 Å². The summed E-state index contributed by atoms with van der Waals surface area (Å²) in [5.74, 6) is 2.03. The van der Waals surface area contributed by atoms with E-state index in [4.69, 9.17) is 20.5 Å². The lowest BCUT2D eigenvalue weighted by Crippen LogP contribution is -2.21. The van der Waals surface area contributed by atoms with Crippen LogP contribution in [0.25, 0.3) is 11.4 Å². The molecule has 0 radical (unpaired) electrons. The predicted molar refractivity (Wildman–Crippen MR) is 101 cm³/mol. The summed E-state index contributed by atoms with van der Waals surface area (Å²) in [7, 11) is 0. The van der Waals surface area contributed by atoms with E-state index in [2.05, 4.69) is 32.6 Å². The molecule has 3 aromatic heterocycles. The van der Waals surface area contributed by atoms with E-state index in [1.54, 1.807) is 17.6 Å². The maximum atomic E-state index is 5.93. The maximum Gasteiger partial charge on any atom is 0.241 e. The summed E-state index contributed by atoms with van der Waals surface area (Å²) in [4.78, 5) is 8.00. The van der Waals surface area contributed by atoms with E-state index in [1.165, 1.54) is 4.88 Å². The van der Waals surface area contributed by atoms with Crippen LogP contribution >= 0.6 is 22.9 Å². The molecule has 0 saturated carbocycles. The van der Waals surface area contributed by atoms with Crippen molar-refractivity contribution in [1.82, 2.24) is 15.0 Å². The summed E-state index contributed by atoms with van der Waals surface area (Å²) in [6.45, 7) is 2.00. The van der Waals surface area contributed by atoms with E-state index in [0.29, 0.717) is 29.8 Å². The highest BCUT2D eigenvalue weighted by atomic mass is 35.5. The SMILES string of the molecule is Clc1ccc(-c2noc(CN(Cc3ccco3)Cc3cccs3)n2)cc1. The molecular formula is C19H16ClN3O2S. The highest BCUT2D eigenvalue weighted by Crippen LogP contribution is 2.21. The standard InChI is InChI=1S/C19H16ClN3O2S/c20-15-7-5-14(6-8-15)19-21-18(25-22-19)13-23(11-16-3-1-9-24-16)12-17-4-2-10-26-17/h1-10H,11-13H2. The fourth-order valence-corrected chi connectivity index (χ4v) is 3.51. The van der Waals surface area contributed by atoms with Crippen LogP contribution in [0.5, 0.6) is 0 Å². The molecule has 7 heteroatoms. The molecule has 0 saturated heterocycles. The van der Waals surface area contributed by atoms with Gasteiger partial charge in [-0.2, -0.15) is 4.98 Å². The zero-order valence-corrected chi connectivity index (χ0v) is 15.4. The van der Waals surface area contributed by atoms with Crippen molar-refractivity contribution in [3.63, 3.8) is 0 Å². The fourth-order valence-electron chi connectivity index (χ4n) is 2.64. The molecule has 0 aliphatic carbocycles. The van der Waals surface area contributed by atoms with Crippen molar-refractivity contribution in [3.8, 4) is 11.4 Å². The van der Waals surface area contributed by atoms with E-state index in [-0.39, 0.29) is 0 Å². The van der Waals surface area contributed by atoms with E-state index in [1.807, 2.05) is 36.4 Å². The minimum atomic E-state index is 0.541. The molecule has 0 atom stereocenters. The molecule has 26 heavy (non-hydrogen) atoms. The molecule has 0 aliphatic rings. The van der Waals surface area contributed by atoms with Gasteiger partial charge in [0.1, 0.15) is 5.76 Å². The van der Waals surface area contributed by atoms with Crippen molar-refractivity contribution in [2.45, 2.75) is 19.6 Å². The lowest BCUT2D eigenvalue weighted by atomic mass is 10.2. The van der Waals surface area contributed by atoms with Crippen molar-refractivity contribution in [2.75, 3.05) is 0 Å². The van der Waals surface area contributed by atoms with Crippen LogP contribution in [0.2, 0.25) is 5.02 Å². The predicted octanol–water partition coefficient (Wildman–Crippen LogP) is 5.25. The number of hydrogen-bond acceptors (Lipinski definition) is 6. The van der Waals surface area contributed by atoms with E-state index >= 15 is 0 Å². The van der Waals surface area contributed by atoms with Gasteiger partial charge in [0, 0.05) is 22.0 Å². The first-order valence-electron chi connectivity index (χ1n) is 8.12. The first kappa shape index (κ1) is 17.0. The Kier molecular flexibility index (Phi) is 5.15. The number of hydrogen-bond donors (Lipinski definition) is 0. The highest BCUT2D eigenvalue weighted by Gasteiger charge is 2.15. The second kappa shape index (κ2) is 7.86. The van der Waals surface area contributed by atoms with Gasteiger partial charge >= 0.3 is 0 Å². The summed E-state index contributed by atoms with van der Waals surface area (Å²) in [5.41, 5.74) is 0.875. The quantitative estimate of drug-likeness (QED) is 0.435. The number of halogens is 1. The molecule has 4 rings (SSSR count). The topological polar surface area (TPSA) is 55.3 Å². The van der Waals surface area contributed by atoms with Crippen LogP contribution in [0.4, 0.5) is 0 Å². The average molecular weight is 386 g/mol. The van der Waals surface area contributed by atoms with E-state index in [0.717, 1.165) is 17.9 Å². The molecule has 0 bridgehead atoms. The highest BCUT2D eigenvalue weighted by molar-refractivity contribution is 7.09. The second-order valence-electron chi connectivity index (χ2n) is 5.82. The first-order chi connectivity index (χ1) is 12.8. The number of benzene rings is 1. The largest absolute Gasteiger partial charge is 0.468 e. The second-order valence-corrected chi connectivity index (χ2v) is 7.29. The van der Waals surface area contributed by atoms with Gasteiger partial charge in [-0.1, -0.05) is 22.8 Å². The van der Waals surface area contributed by atoms with Crippen LogP contribution in [0, 0.1) is 0 Å². The minimum Gasteiger partial charge on any atom is -0.468 e. The van der Waals surface area contributed by atoms with Crippen molar-refractivity contribution >= 4 is 22.9 Å². The Labute approximate surface area is 159 Å². The summed E-state index contributed by atoms with van der Waals surface area (Å²) in [5, 5.41) is 6.84. The smallest absolute Gasteiger partial charge is 0.241 e. The van der Waals surface area contributed by atoms with Crippen LogP contribution in [0.3, 0.4) is 0 Å². The average Bonchev–Trinajstić information content (AvgIpc) is 3.38. The number of aromatic nitrogens is 2. The van der Waals surface area contributed by atoms with Crippen LogP contribution < -0.4 is 0 Å². The summed E-state index contributed by atoms with van der Waals surface area (Å²) in [6, 6.07) is 15.4. The zero-order valence-electron chi connectivity index (χ0n) is 13.8. The van der Waals surface area contributed by atoms with Gasteiger partial charge in [0.15, 0.2) is 0 Å². The van der Waals surface area contributed by atoms with Crippen molar-refractivity contribution < 1.29 is 8.94 Å². The Bertz CT molecular complexity index is 898. The molecule has 0 aliphatic heterocycles. The van der Waals surface area contributed by atoms with E-state index < -0.39 is 0 Å². The molecule has 5 nitrogen and oxygen atoms in total. The fraction of sp³-hybridized carbons (Fsp3) is 0.158. The third kappa shape index (κ3) is 4.22. The summed E-state index contributed by atoms with van der Waals surface area (Å²) >= 11 is 7.66. The van der Waals surface area contributed by atoms with Crippen molar-refractivity contribution in [1.29, 1.82) is 0 Å². The van der Waals surface area contributed by atoms with Crippen LogP contribution in [-0.2, 0) is 19.6 Å². The Hall–Kier alpha value is -2.41. The van der Waals surface area contributed by atoms with Gasteiger partial charge < -0.3 is 8.94 Å². The van der Waals surface area contributed by atoms with E-state index in [9.17, 15) is 0 Å². The number of nitrogens with zero attached hydrogens (tertiary/aromatic N) is 3. The lowest BCUT2D eigenvalue weighted by Gasteiger charge is -2.18. The van der Waals surface area contributed by atoms with Crippen LogP contribution in [0.1, 0.15) is 16.5 Å². The number of thiophene rings is 1. The summed E-state index contributed by atoms with van der Waals surface area (Å²) < 4.78 is 10.9. The Morgan fingerprint density at radius 3 is 2.62 bits per heavy atom. The normalized spacial score (nSPS) is 11.3. The Morgan fingerprint density at radius 1 is 1.00 bits per heavy atom. The van der Waals surface area contributed by atoms with Gasteiger partial charge in [0.2, 0.25) is 11.7 Å². The zero-order chi connectivity index (χ0) is 17.8. The molecule has 3 heterocycles. The van der Waals surface area contributed by atoms with Crippen LogP contribution in [-0.4, -0.2) is 15.0 Å². The Morgan fingerprint density at radius 2 is 1.88 bits per heavy atom. The maximum absolute atomic E-state index is 5.93. The molecule has 0 amide bonds. The van der Waals surface area contributed by atoms with Gasteiger partial charge in [-0.05, 0) is 47.8 Å². The minimum absolute atomic E-state index is 0.541. The summed E-state index contributed by atoms with van der Waals surface area (Å²) in [6.07, 6.45) is 1.68. The molecule has 1 aromatic carbocycles. The van der Waals surface area contributed by atoms with Gasteiger partial charge in [-0.3, -0.25) is 4.90 Å². The van der Waals surface area contributed by atoms with Gasteiger partial charge in [0.05, 0.1) is 19.4 Å². The van der Waals surface area contributed by atoms with Crippen molar-refractivity contribution in [3.05, 3.63) is 81.7 Å². The third-order valence-corrected chi connectivity index (χ3v) is 4.96. The van der Waals surface area contributed by atoms with Gasteiger partial charge in [-0.15, -0.1) is 11.3 Å². The molecular weight excluding hydrogens is 370 g/mol. The van der Waals surface area contributed by atoms with Gasteiger partial charge in [0.25, 0.3) is 0 Å². The molecule has 0 unspecified atom stereocenters. The number of furan rings is 1. The first-order valence-corrected chi connectivity index (χ1v) is 9.38. The van der Waals surface area contributed by atoms with Gasteiger partial charge in [-0.25, -0.2) is 0 Å². The molecule has 0 N–H and O–H groups in total. The monoisotopic (exact) mass is 385 g/mol. The van der Waals surface area contributed by atoms with Crippen molar-refractivity contribution in [2.24, 2.45) is 0 Å². The molecule has 4 aromatic rings. The molecule has 0 fully saturated rings. The number of rotatable bonds is 7. The third-order valence-electron chi connectivity index (χ3n) is 3.85. The lowest BCUT2D eigenvalue weighted by molar-refractivity contribution is 0.198. The molecule has 132 valence electrons. The Balaban J connectivity index is 1.50.